The highest BCUT2D eigenvalue weighted by Gasteiger charge is 2.26. The lowest BCUT2D eigenvalue weighted by Crippen LogP contribution is -2.13. The Labute approximate surface area is 347 Å². The van der Waals surface area contributed by atoms with E-state index in [1.54, 1.807) is 4.40 Å². The second kappa shape index (κ2) is 9.79. The van der Waals surface area contributed by atoms with Crippen LogP contribution >= 0.6 is 0 Å². The molecule has 0 saturated heterocycles. The summed E-state index contributed by atoms with van der Waals surface area (Å²) in [7, 11) is 0. The number of rotatable bonds is 0. The SMILES string of the molecule is O=c1c2ccc3c4ccc5c6ccc7c8ccc9c(=O)n%10c%11ccccc%11nc%10c%10ccc(c%11ccc(c%12ccc(c%13ccc(c2c3%13)c2cc3ccccc3n12)c4c5%12)c6c7%11)c8c9%10. The minimum atomic E-state index is -0.0298. The quantitative estimate of drug-likeness (QED) is 0.114. The fourth-order valence-corrected chi connectivity index (χ4v) is 12.7. The van der Waals surface area contributed by atoms with Gasteiger partial charge in [0.2, 0.25) is 0 Å². The van der Waals surface area contributed by atoms with Gasteiger partial charge in [0.1, 0.15) is 5.65 Å². The van der Waals surface area contributed by atoms with Crippen LogP contribution in [0.4, 0.5) is 0 Å². The molecule has 0 bridgehead atoms. The van der Waals surface area contributed by atoms with E-state index in [-0.39, 0.29) is 11.1 Å². The van der Waals surface area contributed by atoms with E-state index >= 15 is 0 Å². The summed E-state index contributed by atoms with van der Waals surface area (Å²) >= 11 is 0. The molecule has 0 aliphatic heterocycles. The molecular formula is C57H25N3O2. The predicted octanol–water partition coefficient (Wildman–Crippen LogP) is 13.6. The highest BCUT2D eigenvalue weighted by atomic mass is 16.1. The maximum Gasteiger partial charge on any atom is 0.264 e. The first-order chi connectivity index (χ1) is 30.6. The van der Waals surface area contributed by atoms with E-state index in [0.717, 1.165) is 81.3 Å². The van der Waals surface area contributed by atoms with Crippen LogP contribution in [0.5, 0.6) is 0 Å². The van der Waals surface area contributed by atoms with E-state index in [4.69, 9.17) is 4.98 Å². The summed E-state index contributed by atoms with van der Waals surface area (Å²) in [6, 6.07) is 54.2. The summed E-state index contributed by atoms with van der Waals surface area (Å²) in [5.41, 5.74) is 4.27. The molecule has 5 heteroatoms. The number of benzene rings is 13. The topological polar surface area (TPSA) is 55.8 Å². The van der Waals surface area contributed by atoms with E-state index in [2.05, 4.69) is 103 Å². The Morgan fingerprint density at radius 3 is 1.11 bits per heavy atom. The lowest BCUT2D eigenvalue weighted by atomic mass is 9.81. The van der Waals surface area contributed by atoms with Crippen molar-refractivity contribution in [3.63, 3.8) is 0 Å². The van der Waals surface area contributed by atoms with Gasteiger partial charge in [0, 0.05) is 37.7 Å². The molecule has 13 aromatic carbocycles. The summed E-state index contributed by atoms with van der Waals surface area (Å²) in [6.07, 6.45) is 0. The third-order valence-corrected chi connectivity index (χ3v) is 15.0. The molecule has 5 nitrogen and oxygen atoms in total. The normalized spacial score (nSPS) is 13.3. The van der Waals surface area contributed by atoms with Crippen molar-refractivity contribution >= 4 is 162 Å². The first kappa shape index (κ1) is 30.6. The first-order valence-corrected chi connectivity index (χ1v) is 21.2. The average Bonchev–Trinajstić information content (AvgIpc) is 3.91. The third-order valence-electron chi connectivity index (χ3n) is 15.0. The van der Waals surface area contributed by atoms with Gasteiger partial charge in [-0.15, -0.1) is 0 Å². The average molecular weight is 784 g/mol. The molecule has 0 amide bonds. The van der Waals surface area contributed by atoms with Crippen LogP contribution in [-0.4, -0.2) is 13.8 Å². The van der Waals surface area contributed by atoms with E-state index < -0.39 is 0 Å². The molecule has 4 aromatic heterocycles. The second-order valence-electron chi connectivity index (χ2n) is 17.6. The van der Waals surface area contributed by atoms with Crippen molar-refractivity contribution in [3.05, 3.63) is 172 Å². The Morgan fingerprint density at radius 2 is 0.629 bits per heavy atom. The van der Waals surface area contributed by atoms with E-state index in [1.807, 2.05) is 52.9 Å². The summed E-state index contributed by atoms with van der Waals surface area (Å²) in [5, 5.41) is 28.5. The smallest absolute Gasteiger partial charge is 0.264 e. The van der Waals surface area contributed by atoms with E-state index in [0.29, 0.717) is 5.65 Å². The first-order valence-electron chi connectivity index (χ1n) is 21.2. The van der Waals surface area contributed by atoms with E-state index in [9.17, 15) is 9.59 Å². The van der Waals surface area contributed by atoms with Gasteiger partial charge in [0.25, 0.3) is 11.1 Å². The van der Waals surface area contributed by atoms with Crippen LogP contribution in [-0.2, 0) is 0 Å². The fraction of sp³-hybridized carbons (Fsp3) is 0. The molecule has 0 unspecified atom stereocenters. The Balaban J connectivity index is 1.01. The van der Waals surface area contributed by atoms with Crippen LogP contribution in [0, 0.1) is 0 Å². The summed E-state index contributed by atoms with van der Waals surface area (Å²) in [4.78, 5) is 33.7. The van der Waals surface area contributed by atoms with Crippen LogP contribution in [0.1, 0.15) is 0 Å². The molecule has 4 heterocycles. The number of imidazole rings is 1. The van der Waals surface area contributed by atoms with Crippen molar-refractivity contribution in [1.29, 1.82) is 0 Å². The largest absolute Gasteiger partial charge is 0.276 e. The van der Waals surface area contributed by atoms with Crippen LogP contribution in [0.3, 0.4) is 0 Å². The Kier molecular flexibility index (Phi) is 4.83. The highest BCUT2D eigenvalue weighted by molar-refractivity contribution is 6.47. The predicted molar refractivity (Wildman–Crippen MR) is 260 cm³/mol. The zero-order chi connectivity index (χ0) is 40.0. The molecule has 280 valence electrons. The maximum absolute atomic E-state index is 14.4. The molecule has 0 saturated carbocycles. The molecule has 0 aliphatic rings. The monoisotopic (exact) mass is 783 g/mol. The number of para-hydroxylation sites is 3. The molecule has 0 aliphatic carbocycles. The summed E-state index contributed by atoms with van der Waals surface area (Å²) in [5.74, 6) is 0. The second-order valence-corrected chi connectivity index (χ2v) is 17.6. The van der Waals surface area contributed by atoms with Crippen LogP contribution in [0.2, 0.25) is 0 Å². The van der Waals surface area contributed by atoms with Crippen molar-refractivity contribution in [3.8, 4) is 0 Å². The van der Waals surface area contributed by atoms with Gasteiger partial charge in [-0.2, -0.15) is 0 Å². The van der Waals surface area contributed by atoms with Crippen molar-refractivity contribution in [2.24, 2.45) is 0 Å². The fourth-order valence-electron chi connectivity index (χ4n) is 12.7. The van der Waals surface area contributed by atoms with Gasteiger partial charge in [0.05, 0.1) is 22.1 Å². The summed E-state index contributed by atoms with van der Waals surface area (Å²) in [6.45, 7) is 0. The van der Waals surface area contributed by atoms with Crippen molar-refractivity contribution < 1.29 is 0 Å². The Bertz CT molecular complexity index is 4640. The van der Waals surface area contributed by atoms with Crippen LogP contribution in [0.25, 0.3) is 162 Å². The van der Waals surface area contributed by atoms with Crippen molar-refractivity contribution in [2.75, 3.05) is 0 Å². The van der Waals surface area contributed by atoms with Crippen molar-refractivity contribution in [1.82, 2.24) is 13.8 Å². The minimum absolute atomic E-state index is 0.0298. The van der Waals surface area contributed by atoms with Gasteiger partial charge in [-0.25, -0.2) is 4.98 Å². The van der Waals surface area contributed by atoms with Gasteiger partial charge in [-0.05, 0) is 139 Å². The summed E-state index contributed by atoms with van der Waals surface area (Å²) < 4.78 is 3.69. The number of hydrogen-bond acceptors (Lipinski definition) is 3. The van der Waals surface area contributed by atoms with Gasteiger partial charge in [-0.3, -0.25) is 18.4 Å². The van der Waals surface area contributed by atoms with Gasteiger partial charge in [-0.1, -0.05) is 109 Å². The van der Waals surface area contributed by atoms with Crippen molar-refractivity contribution in [2.45, 2.75) is 0 Å². The zero-order valence-electron chi connectivity index (χ0n) is 32.6. The molecule has 0 N–H and O–H groups in total. The number of aromatic nitrogens is 3. The number of pyridine rings is 2. The van der Waals surface area contributed by atoms with Crippen LogP contribution in [0.15, 0.2) is 161 Å². The lowest BCUT2D eigenvalue weighted by Gasteiger charge is -2.22. The number of hydrogen-bond donors (Lipinski definition) is 0. The Morgan fingerprint density at radius 1 is 0.290 bits per heavy atom. The van der Waals surface area contributed by atoms with Gasteiger partial charge in [0.15, 0.2) is 0 Å². The van der Waals surface area contributed by atoms with Gasteiger partial charge >= 0.3 is 0 Å². The molecule has 17 aromatic rings. The molecular weight excluding hydrogens is 759 g/mol. The molecule has 0 atom stereocenters. The number of nitrogens with zero attached hydrogens (tertiary/aromatic N) is 3. The number of fused-ring (bicyclic) bond motifs is 14. The lowest BCUT2D eigenvalue weighted by molar-refractivity contribution is 1.19. The minimum Gasteiger partial charge on any atom is -0.276 e. The Hall–Kier alpha value is -8.41. The highest BCUT2D eigenvalue weighted by Crippen LogP contribution is 2.52. The van der Waals surface area contributed by atoms with Crippen LogP contribution < -0.4 is 11.1 Å². The molecule has 0 spiro atoms. The third kappa shape index (κ3) is 3.12. The maximum atomic E-state index is 14.4. The molecule has 62 heavy (non-hydrogen) atoms. The van der Waals surface area contributed by atoms with E-state index in [1.165, 1.54) is 75.4 Å². The van der Waals surface area contributed by atoms with Gasteiger partial charge < -0.3 is 0 Å². The molecule has 0 radical (unpaired) electrons. The molecule has 17 rings (SSSR count). The molecule has 0 fully saturated rings. The standard InChI is InChI=1S/C57H25N3O2/c61-56-41-23-19-37-33-15-11-29-30-12-16-34-38-20-24-42-54-40(55-58-43-6-2-4-8-45(43)60(55)57(42)62)22-18-36(52(38)54)32-14-10-28(48(30)50(32)34)27-9-13-31(49(33)47(27)29)35-17-21-39(53(41)51(35)37)46-25-26-5-1-3-7-44(26)59(46)56/h1-25H. The zero-order valence-corrected chi connectivity index (χ0v) is 32.6.